The maximum Gasteiger partial charge on any atom is 0.170 e. The Hall–Kier alpha value is -0.910. The molecule has 2 aliphatic rings. The van der Waals surface area contributed by atoms with Crippen LogP contribution in [0.2, 0.25) is 0 Å². The van der Waals surface area contributed by atoms with E-state index < -0.39 is 5.79 Å². The summed E-state index contributed by atoms with van der Waals surface area (Å²) in [5, 5.41) is 14.4. The van der Waals surface area contributed by atoms with Crippen molar-refractivity contribution in [2.45, 2.75) is 44.1 Å². The third-order valence-corrected chi connectivity index (χ3v) is 3.67. The van der Waals surface area contributed by atoms with Gasteiger partial charge < -0.3 is 14.6 Å². The number of aliphatic hydroxyl groups is 1. The zero-order valence-corrected chi connectivity index (χ0v) is 10.0. The number of rotatable bonds is 1. The van der Waals surface area contributed by atoms with E-state index in [4.69, 9.17) is 9.47 Å². The fourth-order valence-corrected chi connectivity index (χ4v) is 2.76. The number of aromatic nitrogens is 2. The highest BCUT2D eigenvalue weighted by Crippen LogP contribution is 2.40. The monoisotopic (exact) mass is 238 g/mol. The van der Waals surface area contributed by atoms with E-state index in [0.29, 0.717) is 26.1 Å². The van der Waals surface area contributed by atoms with Gasteiger partial charge in [0, 0.05) is 19.0 Å². The Morgan fingerprint density at radius 1 is 1.47 bits per heavy atom. The second kappa shape index (κ2) is 4.08. The summed E-state index contributed by atoms with van der Waals surface area (Å²) in [6.45, 7) is 3.30. The van der Waals surface area contributed by atoms with E-state index in [1.54, 1.807) is 0 Å². The first-order chi connectivity index (χ1) is 8.19. The van der Waals surface area contributed by atoms with Crippen molar-refractivity contribution in [3.05, 3.63) is 18.0 Å². The third kappa shape index (κ3) is 1.99. The maximum absolute atomic E-state index is 10.1. The number of ether oxygens (including phenoxy) is 2. The van der Waals surface area contributed by atoms with E-state index in [2.05, 4.69) is 5.10 Å². The zero-order chi connectivity index (χ0) is 11.9. The molecule has 2 unspecified atom stereocenters. The Morgan fingerprint density at radius 3 is 2.88 bits per heavy atom. The summed E-state index contributed by atoms with van der Waals surface area (Å²) in [5.41, 5.74) is 1.10. The molecule has 2 fully saturated rings. The molecule has 1 aromatic heterocycles. The molecule has 0 aromatic carbocycles. The minimum absolute atomic E-state index is 0.0458. The van der Waals surface area contributed by atoms with Crippen LogP contribution in [0.1, 0.15) is 30.9 Å². The Labute approximate surface area is 100 Å². The average Bonchev–Trinajstić information content (AvgIpc) is 2.92. The third-order valence-electron chi connectivity index (χ3n) is 3.67. The topological polar surface area (TPSA) is 56.5 Å². The van der Waals surface area contributed by atoms with Crippen molar-refractivity contribution in [2.24, 2.45) is 0 Å². The SMILES string of the molecule is Cc1cnn(C2CC3(CCC2O)OCCO3)c1. The first-order valence-corrected chi connectivity index (χ1v) is 6.15. The van der Waals surface area contributed by atoms with Gasteiger partial charge >= 0.3 is 0 Å². The van der Waals surface area contributed by atoms with Gasteiger partial charge in [-0.2, -0.15) is 5.10 Å². The summed E-state index contributed by atoms with van der Waals surface area (Å²) < 4.78 is 13.3. The molecule has 5 heteroatoms. The minimum atomic E-state index is -0.482. The molecule has 0 bridgehead atoms. The molecule has 1 aliphatic carbocycles. The van der Waals surface area contributed by atoms with Crippen LogP contribution in [0.25, 0.3) is 0 Å². The van der Waals surface area contributed by atoms with Crippen molar-refractivity contribution in [3.8, 4) is 0 Å². The molecule has 1 N–H and O–H groups in total. The molecule has 5 nitrogen and oxygen atoms in total. The van der Waals surface area contributed by atoms with E-state index in [9.17, 15) is 5.11 Å². The Balaban J connectivity index is 1.82. The normalized spacial score (nSPS) is 32.1. The maximum atomic E-state index is 10.1. The van der Waals surface area contributed by atoms with Crippen molar-refractivity contribution in [3.63, 3.8) is 0 Å². The first kappa shape index (κ1) is 11.2. The highest BCUT2D eigenvalue weighted by Gasteiger charge is 2.45. The summed E-state index contributed by atoms with van der Waals surface area (Å²) in [5.74, 6) is -0.482. The molecule has 0 amide bonds. The van der Waals surface area contributed by atoms with Crippen molar-refractivity contribution in [1.29, 1.82) is 0 Å². The lowest BCUT2D eigenvalue weighted by Crippen LogP contribution is -2.43. The van der Waals surface area contributed by atoms with Crippen LogP contribution in [0.3, 0.4) is 0 Å². The molecule has 1 saturated heterocycles. The van der Waals surface area contributed by atoms with Crippen molar-refractivity contribution < 1.29 is 14.6 Å². The summed E-state index contributed by atoms with van der Waals surface area (Å²) in [6.07, 6.45) is 5.54. The van der Waals surface area contributed by atoms with Gasteiger partial charge in [-0.3, -0.25) is 4.68 Å². The average molecular weight is 238 g/mol. The molecule has 1 saturated carbocycles. The van der Waals surface area contributed by atoms with Gasteiger partial charge in [0.2, 0.25) is 0 Å². The Bertz CT molecular complexity index is 398. The fraction of sp³-hybridized carbons (Fsp3) is 0.750. The van der Waals surface area contributed by atoms with Gasteiger partial charge in [-0.15, -0.1) is 0 Å². The van der Waals surface area contributed by atoms with E-state index >= 15 is 0 Å². The van der Waals surface area contributed by atoms with Crippen molar-refractivity contribution >= 4 is 0 Å². The quantitative estimate of drug-likeness (QED) is 0.793. The van der Waals surface area contributed by atoms with Crippen LogP contribution in [0.5, 0.6) is 0 Å². The Kier molecular flexibility index (Phi) is 2.69. The number of aliphatic hydroxyl groups excluding tert-OH is 1. The van der Waals surface area contributed by atoms with E-state index in [0.717, 1.165) is 12.0 Å². The van der Waals surface area contributed by atoms with Crippen molar-refractivity contribution in [2.75, 3.05) is 13.2 Å². The second-order valence-electron chi connectivity index (χ2n) is 4.98. The molecule has 3 rings (SSSR count). The highest BCUT2D eigenvalue weighted by atomic mass is 16.7. The summed E-state index contributed by atoms with van der Waals surface area (Å²) in [6, 6.07) is -0.0458. The lowest BCUT2D eigenvalue weighted by molar-refractivity contribution is -0.200. The van der Waals surface area contributed by atoms with Crippen LogP contribution in [-0.2, 0) is 9.47 Å². The molecular formula is C12H18N2O3. The smallest absolute Gasteiger partial charge is 0.170 e. The first-order valence-electron chi connectivity index (χ1n) is 6.15. The van der Waals surface area contributed by atoms with Gasteiger partial charge in [0.25, 0.3) is 0 Å². The lowest BCUT2D eigenvalue weighted by Gasteiger charge is -2.39. The molecule has 17 heavy (non-hydrogen) atoms. The van der Waals surface area contributed by atoms with Gasteiger partial charge in [0.15, 0.2) is 5.79 Å². The molecule has 1 aliphatic heterocycles. The van der Waals surface area contributed by atoms with Crippen molar-refractivity contribution in [1.82, 2.24) is 9.78 Å². The van der Waals surface area contributed by atoms with Gasteiger partial charge in [-0.25, -0.2) is 0 Å². The number of hydrogen-bond donors (Lipinski definition) is 1. The summed E-state index contributed by atoms with van der Waals surface area (Å²) >= 11 is 0. The predicted molar refractivity (Wildman–Crippen MR) is 60.5 cm³/mol. The van der Waals surface area contributed by atoms with Crippen LogP contribution in [-0.4, -0.2) is 40.0 Å². The van der Waals surface area contributed by atoms with Gasteiger partial charge in [-0.1, -0.05) is 0 Å². The van der Waals surface area contributed by atoms with Gasteiger partial charge in [0.05, 0.1) is 31.6 Å². The molecule has 1 aromatic rings. The molecule has 0 radical (unpaired) electrons. The second-order valence-corrected chi connectivity index (χ2v) is 4.98. The molecular weight excluding hydrogens is 220 g/mol. The van der Waals surface area contributed by atoms with E-state index in [-0.39, 0.29) is 12.1 Å². The fourth-order valence-electron chi connectivity index (χ4n) is 2.76. The summed E-state index contributed by atoms with van der Waals surface area (Å²) in [7, 11) is 0. The lowest BCUT2D eigenvalue weighted by atomic mass is 9.87. The zero-order valence-electron chi connectivity index (χ0n) is 10.0. The molecule has 2 heterocycles. The highest BCUT2D eigenvalue weighted by molar-refractivity contribution is 5.02. The minimum Gasteiger partial charge on any atom is -0.391 e. The van der Waals surface area contributed by atoms with Crippen LogP contribution >= 0.6 is 0 Å². The standard InChI is InChI=1S/C12H18N2O3/c1-9-7-13-14(8-9)10-6-12(3-2-11(10)15)16-4-5-17-12/h7-8,10-11,15H,2-6H2,1H3. The number of nitrogens with zero attached hydrogens (tertiary/aromatic N) is 2. The molecule has 2 atom stereocenters. The van der Waals surface area contributed by atoms with E-state index in [1.165, 1.54) is 0 Å². The van der Waals surface area contributed by atoms with Gasteiger partial charge in [0.1, 0.15) is 0 Å². The van der Waals surface area contributed by atoms with Crippen LogP contribution < -0.4 is 0 Å². The van der Waals surface area contributed by atoms with Crippen LogP contribution in [0.15, 0.2) is 12.4 Å². The van der Waals surface area contributed by atoms with Crippen LogP contribution in [0.4, 0.5) is 0 Å². The summed E-state index contributed by atoms with van der Waals surface area (Å²) in [4.78, 5) is 0. The largest absolute Gasteiger partial charge is 0.391 e. The van der Waals surface area contributed by atoms with E-state index in [1.807, 2.05) is 24.0 Å². The molecule has 94 valence electrons. The number of aryl methyl sites for hydroxylation is 1. The number of hydrogen-bond acceptors (Lipinski definition) is 4. The molecule has 1 spiro atoms. The predicted octanol–water partition coefficient (Wildman–Crippen LogP) is 1.02. The van der Waals surface area contributed by atoms with Crippen LogP contribution in [0, 0.1) is 6.92 Å². The van der Waals surface area contributed by atoms with Gasteiger partial charge in [-0.05, 0) is 18.9 Å². The Morgan fingerprint density at radius 2 is 2.24 bits per heavy atom.